The summed E-state index contributed by atoms with van der Waals surface area (Å²) >= 11 is 8.18. The highest BCUT2D eigenvalue weighted by atomic mass is 35.5. The Kier molecular flexibility index (Phi) is 3.70. The minimum atomic E-state index is 0.343. The average Bonchev–Trinajstić information content (AvgIpc) is 3.12. The van der Waals surface area contributed by atoms with Gasteiger partial charge in [0, 0.05) is 10.4 Å². The molecule has 0 atom stereocenters. The van der Waals surface area contributed by atoms with Crippen LogP contribution in [0.15, 0.2) is 24.5 Å². The summed E-state index contributed by atoms with van der Waals surface area (Å²) in [4.78, 5) is 5.05. The van der Waals surface area contributed by atoms with Gasteiger partial charge in [-0.3, -0.25) is 0 Å². The summed E-state index contributed by atoms with van der Waals surface area (Å²) in [6.07, 6.45) is 1.38. The molecule has 0 aliphatic rings. The molecule has 8 heteroatoms. The number of nitrogens with zero attached hydrogens (tertiary/aromatic N) is 3. The number of halogens is 1. The van der Waals surface area contributed by atoms with Gasteiger partial charge in [0.2, 0.25) is 5.88 Å². The third-order valence-corrected chi connectivity index (χ3v) is 5.57. The maximum absolute atomic E-state index is 6.60. The number of fused-ring (bicyclic) bond motifs is 2. The predicted octanol–water partition coefficient (Wildman–Crippen LogP) is 4.17. The third kappa shape index (κ3) is 2.31. The van der Waals surface area contributed by atoms with Crippen LogP contribution in [0.25, 0.3) is 26.0 Å². The Balaban J connectivity index is 2.09. The van der Waals surface area contributed by atoms with Crippen LogP contribution in [0, 0.1) is 6.92 Å². The molecule has 0 saturated carbocycles. The molecule has 3 aromatic heterocycles. The number of aryl methyl sites for hydroxylation is 1. The normalized spacial score (nSPS) is 11.4. The Morgan fingerprint density at radius 2 is 2.00 bits per heavy atom. The van der Waals surface area contributed by atoms with Crippen LogP contribution in [0.3, 0.4) is 0 Å². The average molecular weight is 375 g/mol. The Morgan fingerprint density at radius 3 is 2.72 bits per heavy atom. The minimum absolute atomic E-state index is 0.343. The van der Waals surface area contributed by atoms with Crippen LogP contribution in [0.1, 0.15) is 5.56 Å². The molecular formula is C17H15ClN4O2S. The third-order valence-electron chi connectivity index (χ3n) is 4.04. The van der Waals surface area contributed by atoms with Gasteiger partial charge in [0.25, 0.3) is 0 Å². The summed E-state index contributed by atoms with van der Waals surface area (Å²) in [5, 5.41) is 5.76. The van der Waals surface area contributed by atoms with Gasteiger partial charge in [-0.2, -0.15) is 9.61 Å². The Labute approximate surface area is 152 Å². The zero-order chi connectivity index (χ0) is 17.7. The van der Waals surface area contributed by atoms with Gasteiger partial charge in [0.1, 0.15) is 22.6 Å². The molecule has 2 N–H and O–H groups in total. The van der Waals surface area contributed by atoms with Gasteiger partial charge in [0.05, 0.1) is 18.9 Å². The van der Waals surface area contributed by atoms with Gasteiger partial charge in [-0.05, 0) is 30.0 Å². The number of hydrogen-bond acceptors (Lipinski definition) is 6. The lowest BCUT2D eigenvalue weighted by atomic mass is 10.1. The van der Waals surface area contributed by atoms with Crippen LogP contribution in [0.4, 0.5) is 5.82 Å². The zero-order valence-electron chi connectivity index (χ0n) is 13.8. The lowest BCUT2D eigenvalue weighted by molar-refractivity contribution is 0.387. The van der Waals surface area contributed by atoms with Crippen LogP contribution >= 0.6 is 22.9 Å². The summed E-state index contributed by atoms with van der Waals surface area (Å²) in [7, 11) is 3.22. The number of rotatable bonds is 3. The van der Waals surface area contributed by atoms with E-state index < -0.39 is 0 Å². The van der Waals surface area contributed by atoms with Crippen molar-refractivity contribution in [1.29, 1.82) is 0 Å². The van der Waals surface area contributed by atoms with E-state index in [1.54, 1.807) is 30.1 Å². The molecule has 0 aliphatic carbocycles. The fraction of sp³-hybridized carbons (Fsp3) is 0.176. The minimum Gasteiger partial charge on any atom is -0.495 e. The van der Waals surface area contributed by atoms with E-state index in [1.165, 1.54) is 6.33 Å². The van der Waals surface area contributed by atoms with E-state index in [-0.39, 0.29) is 0 Å². The van der Waals surface area contributed by atoms with Crippen molar-refractivity contribution in [2.24, 2.45) is 0 Å². The summed E-state index contributed by atoms with van der Waals surface area (Å²) in [5.41, 5.74) is 8.62. The van der Waals surface area contributed by atoms with Crippen LogP contribution in [-0.2, 0) is 0 Å². The molecule has 0 radical (unpaired) electrons. The van der Waals surface area contributed by atoms with Crippen LogP contribution in [0.2, 0.25) is 5.02 Å². The lowest BCUT2D eigenvalue weighted by Crippen LogP contribution is -2.00. The summed E-state index contributed by atoms with van der Waals surface area (Å²) in [6.45, 7) is 2.04. The van der Waals surface area contributed by atoms with Gasteiger partial charge >= 0.3 is 0 Å². The first-order chi connectivity index (χ1) is 12.0. The van der Waals surface area contributed by atoms with Gasteiger partial charge in [-0.1, -0.05) is 17.7 Å². The first kappa shape index (κ1) is 16.0. The Hall–Kier alpha value is -2.51. The van der Waals surface area contributed by atoms with E-state index in [0.717, 1.165) is 31.8 Å². The van der Waals surface area contributed by atoms with E-state index in [0.29, 0.717) is 22.2 Å². The second kappa shape index (κ2) is 5.79. The number of ether oxygens (including phenoxy) is 2. The fourth-order valence-electron chi connectivity index (χ4n) is 3.00. The summed E-state index contributed by atoms with van der Waals surface area (Å²) in [6, 6.07) is 6.20. The van der Waals surface area contributed by atoms with E-state index >= 15 is 0 Å². The van der Waals surface area contributed by atoms with Crippen molar-refractivity contribution < 1.29 is 9.47 Å². The standard InChI is InChI=1S/C17H15ClN4O2S/c1-8-4-9-6-11(25-15(9)10(5-8)23-2)12-13(18)17(24-3)22-14(12)16(19)20-7-21-22/h4-7H,1-3H3,(H2,19,20,21). The number of methoxy groups -OCH3 is 2. The zero-order valence-corrected chi connectivity index (χ0v) is 15.4. The van der Waals surface area contributed by atoms with Crippen LogP contribution < -0.4 is 15.2 Å². The van der Waals surface area contributed by atoms with Crippen molar-refractivity contribution >= 4 is 44.4 Å². The molecule has 0 saturated heterocycles. The quantitative estimate of drug-likeness (QED) is 0.582. The molecular weight excluding hydrogens is 360 g/mol. The summed E-state index contributed by atoms with van der Waals surface area (Å²) < 4.78 is 13.6. The van der Waals surface area contributed by atoms with E-state index in [1.807, 2.05) is 13.0 Å². The molecule has 25 heavy (non-hydrogen) atoms. The molecule has 1 aromatic carbocycles. The molecule has 0 fully saturated rings. The number of nitrogen functional groups attached to an aromatic ring is 1. The highest BCUT2D eigenvalue weighted by Crippen LogP contribution is 2.47. The number of thiophene rings is 1. The topological polar surface area (TPSA) is 74.7 Å². The molecule has 3 heterocycles. The van der Waals surface area contributed by atoms with Gasteiger partial charge in [0.15, 0.2) is 5.82 Å². The molecule has 128 valence electrons. The second-order valence-corrected chi connectivity index (χ2v) is 7.03. The van der Waals surface area contributed by atoms with Crippen molar-refractivity contribution in [3.63, 3.8) is 0 Å². The van der Waals surface area contributed by atoms with E-state index in [4.69, 9.17) is 26.8 Å². The van der Waals surface area contributed by atoms with Crippen molar-refractivity contribution in [2.75, 3.05) is 20.0 Å². The van der Waals surface area contributed by atoms with Crippen molar-refractivity contribution in [3.05, 3.63) is 35.1 Å². The van der Waals surface area contributed by atoms with Crippen molar-refractivity contribution in [1.82, 2.24) is 14.6 Å². The molecule has 0 unspecified atom stereocenters. The maximum atomic E-state index is 6.60. The Morgan fingerprint density at radius 1 is 1.20 bits per heavy atom. The molecule has 4 rings (SSSR count). The highest BCUT2D eigenvalue weighted by molar-refractivity contribution is 7.22. The SMILES string of the molecule is COc1cc(C)cc2cc(-c3c(Cl)c(OC)n4ncnc(N)c34)sc12. The van der Waals surface area contributed by atoms with Crippen molar-refractivity contribution in [3.8, 4) is 22.1 Å². The Bertz CT molecular complexity index is 1120. The largest absolute Gasteiger partial charge is 0.495 e. The second-order valence-electron chi connectivity index (χ2n) is 5.60. The first-order valence-corrected chi connectivity index (χ1v) is 8.67. The van der Waals surface area contributed by atoms with E-state index in [2.05, 4.69) is 22.2 Å². The molecule has 4 aromatic rings. The van der Waals surface area contributed by atoms with Gasteiger partial charge < -0.3 is 15.2 Å². The van der Waals surface area contributed by atoms with Crippen molar-refractivity contribution in [2.45, 2.75) is 6.92 Å². The smallest absolute Gasteiger partial charge is 0.235 e. The number of nitrogens with two attached hydrogens (primary N) is 1. The molecule has 6 nitrogen and oxygen atoms in total. The number of hydrogen-bond donors (Lipinski definition) is 1. The monoisotopic (exact) mass is 374 g/mol. The molecule has 0 bridgehead atoms. The van der Waals surface area contributed by atoms with Crippen LogP contribution in [0.5, 0.6) is 11.6 Å². The number of aromatic nitrogens is 3. The molecule has 0 spiro atoms. The maximum Gasteiger partial charge on any atom is 0.235 e. The van der Waals surface area contributed by atoms with Gasteiger partial charge in [-0.15, -0.1) is 11.3 Å². The first-order valence-electron chi connectivity index (χ1n) is 7.48. The predicted molar refractivity (Wildman–Crippen MR) is 101 cm³/mol. The van der Waals surface area contributed by atoms with E-state index in [9.17, 15) is 0 Å². The highest BCUT2D eigenvalue weighted by Gasteiger charge is 2.24. The van der Waals surface area contributed by atoms with Crippen LogP contribution in [-0.4, -0.2) is 28.8 Å². The van der Waals surface area contributed by atoms with Gasteiger partial charge in [-0.25, -0.2) is 4.98 Å². The molecule has 0 amide bonds. The number of anilines is 1. The number of benzene rings is 1. The molecule has 0 aliphatic heterocycles. The fourth-order valence-corrected chi connectivity index (χ4v) is 4.59. The lowest BCUT2D eigenvalue weighted by Gasteiger charge is -2.02. The summed E-state index contributed by atoms with van der Waals surface area (Å²) in [5.74, 6) is 1.61.